The summed E-state index contributed by atoms with van der Waals surface area (Å²) in [5.41, 5.74) is 3.69. The van der Waals surface area contributed by atoms with Crippen molar-refractivity contribution in [3.05, 3.63) is 53.2 Å². The first-order chi connectivity index (χ1) is 10.1. The number of nitrogens with one attached hydrogen (secondary N) is 2. The van der Waals surface area contributed by atoms with Crippen LogP contribution in [0.2, 0.25) is 0 Å². The van der Waals surface area contributed by atoms with Crippen molar-refractivity contribution < 1.29 is 4.79 Å². The van der Waals surface area contributed by atoms with Crippen LogP contribution in [0.1, 0.15) is 34.8 Å². The van der Waals surface area contributed by atoms with Gasteiger partial charge in [-0.3, -0.25) is 4.79 Å². The highest BCUT2D eigenvalue weighted by atomic mass is 16.1. The third-order valence-corrected chi connectivity index (χ3v) is 3.14. The van der Waals surface area contributed by atoms with Crippen LogP contribution in [0.15, 0.2) is 36.5 Å². The summed E-state index contributed by atoms with van der Waals surface area (Å²) in [5.74, 6) is 0.414. The van der Waals surface area contributed by atoms with Gasteiger partial charge in [0.15, 0.2) is 0 Å². The molecule has 0 fully saturated rings. The number of hydrogen-bond acceptors (Lipinski definition) is 3. The van der Waals surface area contributed by atoms with Gasteiger partial charge in [0, 0.05) is 18.4 Å². The fourth-order valence-electron chi connectivity index (χ4n) is 1.99. The topological polar surface area (TPSA) is 54.0 Å². The minimum atomic E-state index is -0.148. The molecule has 0 saturated heterocycles. The maximum atomic E-state index is 12.4. The molecule has 4 nitrogen and oxygen atoms in total. The summed E-state index contributed by atoms with van der Waals surface area (Å²) in [6, 6.07) is 9.51. The van der Waals surface area contributed by atoms with Gasteiger partial charge in [0.1, 0.15) is 5.82 Å². The van der Waals surface area contributed by atoms with Crippen molar-refractivity contribution >= 4 is 17.4 Å². The Bertz CT molecular complexity index is 620. The average molecular weight is 283 g/mol. The lowest BCUT2D eigenvalue weighted by atomic mass is 10.1. The van der Waals surface area contributed by atoms with Crippen molar-refractivity contribution in [2.45, 2.75) is 27.2 Å². The molecule has 0 aliphatic carbocycles. The highest BCUT2D eigenvalue weighted by Crippen LogP contribution is 2.19. The van der Waals surface area contributed by atoms with E-state index in [-0.39, 0.29) is 5.91 Å². The number of amides is 1. The van der Waals surface area contributed by atoms with Crippen LogP contribution >= 0.6 is 0 Å². The Labute approximate surface area is 125 Å². The van der Waals surface area contributed by atoms with Crippen molar-refractivity contribution in [3.8, 4) is 0 Å². The molecule has 21 heavy (non-hydrogen) atoms. The molecule has 0 aliphatic rings. The standard InChI is InChI=1S/C17H21N3O/c1-4-9-18-15-10-12(2)5-7-14(15)17(21)20-16-8-6-13(3)11-19-16/h5-8,10-11,18H,4,9H2,1-3H3,(H,19,20,21). The van der Waals surface area contributed by atoms with Gasteiger partial charge in [0.25, 0.3) is 5.91 Å². The third kappa shape index (κ3) is 4.05. The van der Waals surface area contributed by atoms with Crippen molar-refractivity contribution in [2.24, 2.45) is 0 Å². The summed E-state index contributed by atoms with van der Waals surface area (Å²) in [7, 11) is 0. The Hall–Kier alpha value is -2.36. The van der Waals surface area contributed by atoms with Gasteiger partial charge in [-0.15, -0.1) is 0 Å². The van der Waals surface area contributed by atoms with Crippen LogP contribution in [-0.2, 0) is 0 Å². The Morgan fingerprint density at radius 1 is 1.14 bits per heavy atom. The van der Waals surface area contributed by atoms with Gasteiger partial charge in [-0.1, -0.05) is 19.1 Å². The SMILES string of the molecule is CCCNc1cc(C)ccc1C(=O)Nc1ccc(C)cn1. The lowest BCUT2D eigenvalue weighted by Crippen LogP contribution is -2.16. The summed E-state index contributed by atoms with van der Waals surface area (Å²) < 4.78 is 0. The van der Waals surface area contributed by atoms with Crippen molar-refractivity contribution in [2.75, 3.05) is 17.2 Å². The number of benzene rings is 1. The zero-order valence-electron chi connectivity index (χ0n) is 12.7. The molecule has 0 radical (unpaired) electrons. The number of carbonyl (C=O) groups is 1. The van der Waals surface area contributed by atoms with Gasteiger partial charge in [0.05, 0.1) is 5.56 Å². The molecule has 1 heterocycles. The zero-order valence-corrected chi connectivity index (χ0v) is 12.7. The first kappa shape index (κ1) is 15.0. The summed E-state index contributed by atoms with van der Waals surface area (Å²) in [5, 5.41) is 6.13. The highest BCUT2D eigenvalue weighted by molar-refractivity contribution is 6.07. The molecule has 0 bridgehead atoms. The van der Waals surface area contributed by atoms with Gasteiger partial charge in [0.2, 0.25) is 0 Å². The van der Waals surface area contributed by atoms with E-state index in [1.54, 1.807) is 12.3 Å². The van der Waals surface area contributed by atoms with E-state index in [0.29, 0.717) is 11.4 Å². The van der Waals surface area contributed by atoms with Gasteiger partial charge in [-0.05, 0) is 49.6 Å². The number of carbonyl (C=O) groups excluding carboxylic acids is 1. The number of nitrogens with zero attached hydrogens (tertiary/aromatic N) is 1. The monoisotopic (exact) mass is 283 g/mol. The molecule has 0 atom stereocenters. The van der Waals surface area contributed by atoms with Crippen molar-refractivity contribution in [1.29, 1.82) is 0 Å². The fourth-order valence-corrected chi connectivity index (χ4v) is 1.99. The molecule has 1 aromatic heterocycles. The van der Waals surface area contributed by atoms with E-state index in [9.17, 15) is 4.79 Å². The second-order valence-corrected chi connectivity index (χ2v) is 5.15. The Morgan fingerprint density at radius 3 is 2.57 bits per heavy atom. The van der Waals surface area contributed by atoms with Gasteiger partial charge >= 0.3 is 0 Å². The van der Waals surface area contributed by atoms with Crippen LogP contribution in [-0.4, -0.2) is 17.4 Å². The third-order valence-electron chi connectivity index (χ3n) is 3.14. The van der Waals surface area contributed by atoms with E-state index in [2.05, 4.69) is 22.5 Å². The maximum Gasteiger partial charge on any atom is 0.258 e. The van der Waals surface area contributed by atoms with E-state index in [0.717, 1.165) is 29.8 Å². The number of aromatic nitrogens is 1. The van der Waals surface area contributed by atoms with Crippen LogP contribution in [0.5, 0.6) is 0 Å². The molecule has 4 heteroatoms. The molecule has 1 amide bonds. The van der Waals surface area contributed by atoms with Crippen LogP contribution < -0.4 is 10.6 Å². The molecule has 2 aromatic rings. The first-order valence-corrected chi connectivity index (χ1v) is 7.18. The minimum Gasteiger partial charge on any atom is -0.384 e. The summed E-state index contributed by atoms with van der Waals surface area (Å²) >= 11 is 0. The molecule has 0 aliphatic heterocycles. The molecule has 0 unspecified atom stereocenters. The normalized spacial score (nSPS) is 10.2. The van der Waals surface area contributed by atoms with E-state index in [1.165, 1.54) is 0 Å². The first-order valence-electron chi connectivity index (χ1n) is 7.18. The predicted molar refractivity (Wildman–Crippen MR) is 86.9 cm³/mol. The quantitative estimate of drug-likeness (QED) is 0.878. The fraction of sp³-hybridized carbons (Fsp3) is 0.294. The smallest absolute Gasteiger partial charge is 0.258 e. The lowest BCUT2D eigenvalue weighted by Gasteiger charge is -2.12. The molecule has 1 aromatic carbocycles. The second kappa shape index (κ2) is 6.88. The molecule has 2 N–H and O–H groups in total. The van der Waals surface area contributed by atoms with E-state index >= 15 is 0 Å². The van der Waals surface area contributed by atoms with Crippen LogP contribution in [0, 0.1) is 13.8 Å². The summed E-state index contributed by atoms with van der Waals surface area (Å²) in [4.78, 5) is 16.6. The Kier molecular flexibility index (Phi) is 4.93. The Morgan fingerprint density at radius 2 is 1.90 bits per heavy atom. The molecule has 0 spiro atoms. The zero-order chi connectivity index (χ0) is 15.2. The van der Waals surface area contributed by atoms with E-state index in [1.807, 2.05) is 38.1 Å². The lowest BCUT2D eigenvalue weighted by molar-refractivity contribution is 0.102. The predicted octanol–water partition coefficient (Wildman–Crippen LogP) is 3.77. The van der Waals surface area contributed by atoms with Crippen LogP contribution in [0.25, 0.3) is 0 Å². The molecule has 110 valence electrons. The van der Waals surface area contributed by atoms with E-state index in [4.69, 9.17) is 0 Å². The molecule has 0 saturated carbocycles. The van der Waals surface area contributed by atoms with Gasteiger partial charge < -0.3 is 10.6 Å². The molecular weight excluding hydrogens is 262 g/mol. The number of rotatable bonds is 5. The number of anilines is 2. The second-order valence-electron chi connectivity index (χ2n) is 5.15. The number of pyridine rings is 1. The average Bonchev–Trinajstić information content (AvgIpc) is 2.47. The van der Waals surface area contributed by atoms with E-state index < -0.39 is 0 Å². The number of hydrogen-bond donors (Lipinski definition) is 2. The summed E-state index contributed by atoms with van der Waals surface area (Å²) in [6.07, 6.45) is 2.75. The largest absolute Gasteiger partial charge is 0.384 e. The minimum absolute atomic E-state index is 0.148. The number of aryl methyl sites for hydroxylation is 2. The molecule has 2 rings (SSSR count). The van der Waals surface area contributed by atoms with Crippen molar-refractivity contribution in [3.63, 3.8) is 0 Å². The van der Waals surface area contributed by atoms with Gasteiger partial charge in [-0.2, -0.15) is 0 Å². The van der Waals surface area contributed by atoms with Crippen LogP contribution in [0.3, 0.4) is 0 Å². The van der Waals surface area contributed by atoms with Crippen LogP contribution in [0.4, 0.5) is 11.5 Å². The Balaban J connectivity index is 2.19. The van der Waals surface area contributed by atoms with Crippen molar-refractivity contribution in [1.82, 2.24) is 4.98 Å². The summed E-state index contributed by atoms with van der Waals surface area (Å²) in [6.45, 7) is 6.91. The maximum absolute atomic E-state index is 12.4. The van der Waals surface area contributed by atoms with Gasteiger partial charge in [-0.25, -0.2) is 4.98 Å². The molecular formula is C17H21N3O. The highest BCUT2D eigenvalue weighted by Gasteiger charge is 2.12.